The van der Waals surface area contributed by atoms with Crippen LogP contribution in [-0.2, 0) is 10.0 Å². The van der Waals surface area contributed by atoms with E-state index < -0.39 is 15.9 Å². The summed E-state index contributed by atoms with van der Waals surface area (Å²) >= 11 is 0. The molecule has 94 valence electrons. The Morgan fingerprint density at radius 3 is 2.59 bits per heavy atom. The van der Waals surface area contributed by atoms with Crippen LogP contribution < -0.4 is 10.5 Å². The summed E-state index contributed by atoms with van der Waals surface area (Å²) in [5.41, 5.74) is 6.06. The number of benzene rings is 1. The molecule has 1 aromatic rings. The molecule has 0 bridgehead atoms. The molecule has 0 saturated heterocycles. The van der Waals surface area contributed by atoms with Crippen molar-refractivity contribution in [3.05, 3.63) is 29.3 Å². The molecule has 1 amide bonds. The molecule has 17 heavy (non-hydrogen) atoms. The molecule has 1 aromatic carbocycles. The Morgan fingerprint density at radius 1 is 1.41 bits per heavy atom. The van der Waals surface area contributed by atoms with E-state index in [1.165, 1.54) is 12.1 Å². The lowest BCUT2D eigenvalue weighted by Gasteiger charge is -2.08. The van der Waals surface area contributed by atoms with E-state index in [0.717, 1.165) is 0 Å². The predicted octanol–water partition coefficient (Wildman–Crippen LogP) is 0.782. The minimum absolute atomic E-state index is 0.0605. The number of hydrogen-bond donors (Lipinski definition) is 2. The summed E-state index contributed by atoms with van der Waals surface area (Å²) in [5.74, 6) is -0.630. The summed E-state index contributed by atoms with van der Waals surface area (Å²) in [6.45, 7) is 3.94. The predicted molar refractivity (Wildman–Crippen MR) is 65.2 cm³/mol. The third-order valence-corrected chi connectivity index (χ3v) is 3.79. The van der Waals surface area contributed by atoms with Crippen LogP contribution in [0.4, 0.5) is 0 Å². The highest BCUT2D eigenvalue weighted by Crippen LogP contribution is 2.15. The van der Waals surface area contributed by atoms with Crippen LogP contribution in [0.2, 0.25) is 0 Å². The van der Waals surface area contributed by atoms with Gasteiger partial charge in [0, 0.05) is 12.1 Å². The number of amides is 1. The molecule has 0 aliphatic rings. The summed E-state index contributed by atoms with van der Waals surface area (Å²) in [6.07, 6.45) is 0.702. The molecule has 0 saturated carbocycles. The third-order valence-electron chi connectivity index (χ3n) is 2.33. The number of nitrogens with two attached hydrogens (primary N) is 1. The molecule has 6 heteroatoms. The van der Waals surface area contributed by atoms with Gasteiger partial charge in [-0.25, -0.2) is 13.1 Å². The maximum atomic E-state index is 11.8. The first kappa shape index (κ1) is 13.7. The molecule has 0 aliphatic heterocycles. The van der Waals surface area contributed by atoms with E-state index in [2.05, 4.69) is 4.72 Å². The van der Waals surface area contributed by atoms with Gasteiger partial charge in [-0.05, 0) is 31.0 Å². The Morgan fingerprint density at radius 2 is 2.06 bits per heavy atom. The number of sulfonamides is 1. The van der Waals surface area contributed by atoms with E-state index >= 15 is 0 Å². The Balaban J connectivity index is 3.16. The van der Waals surface area contributed by atoms with Gasteiger partial charge in [0.2, 0.25) is 15.9 Å². The Kier molecular flexibility index (Phi) is 4.25. The van der Waals surface area contributed by atoms with Gasteiger partial charge >= 0.3 is 0 Å². The molecule has 0 atom stereocenters. The smallest absolute Gasteiger partial charge is 0.249 e. The first-order chi connectivity index (χ1) is 7.88. The van der Waals surface area contributed by atoms with Crippen molar-refractivity contribution in [1.29, 1.82) is 0 Å². The van der Waals surface area contributed by atoms with Gasteiger partial charge in [0.15, 0.2) is 0 Å². The van der Waals surface area contributed by atoms with Crippen LogP contribution in [0, 0.1) is 6.92 Å². The van der Waals surface area contributed by atoms with Gasteiger partial charge in [0.1, 0.15) is 0 Å². The minimum atomic E-state index is -3.55. The van der Waals surface area contributed by atoms with Crippen LogP contribution in [0.3, 0.4) is 0 Å². The zero-order valence-electron chi connectivity index (χ0n) is 9.86. The summed E-state index contributed by atoms with van der Waals surface area (Å²) in [7, 11) is -3.55. The van der Waals surface area contributed by atoms with Gasteiger partial charge < -0.3 is 5.73 Å². The van der Waals surface area contributed by atoms with E-state index in [-0.39, 0.29) is 10.5 Å². The highest BCUT2D eigenvalue weighted by Gasteiger charge is 2.16. The van der Waals surface area contributed by atoms with Gasteiger partial charge in [0.25, 0.3) is 0 Å². The molecular weight excluding hydrogens is 240 g/mol. The number of primary amides is 1. The molecule has 0 radical (unpaired) electrons. The number of rotatable bonds is 5. The van der Waals surface area contributed by atoms with Crippen molar-refractivity contribution in [2.45, 2.75) is 25.2 Å². The van der Waals surface area contributed by atoms with Crippen molar-refractivity contribution >= 4 is 15.9 Å². The van der Waals surface area contributed by atoms with Gasteiger partial charge in [-0.1, -0.05) is 13.0 Å². The Bertz CT molecular complexity index is 524. The van der Waals surface area contributed by atoms with E-state index in [1.807, 2.05) is 6.92 Å². The lowest BCUT2D eigenvalue weighted by molar-refractivity contribution is 0.0999. The molecule has 1 rings (SSSR count). The minimum Gasteiger partial charge on any atom is -0.366 e. The average molecular weight is 256 g/mol. The van der Waals surface area contributed by atoms with Crippen LogP contribution in [0.1, 0.15) is 29.3 Å². The summed E-state index contributed by atoms with van der Waals surface area (Å²) in [6, 6.07) is 4.33. The topological polar surface area (TPSA) is 89.3 Å². The number of aryl methyl sites for hydroxylation is 1. The molecular formula is C11H16N2O3S. The number of hydrogen-bond acceptors (Lipinski definition) is 3. The zero-order valence-corrected chi connectivity index (χ0v) is 10.7. The van der Waals surface area contributed by atoms with E-state index in [0.29, 0.717) is 18.5 Å². The van der Waals surface area contributed by atoms with Crippen molar-refractivity contribution in [2.75, 3.05) is 6.54 Å². The second-order valence-electron chi connectivity index (χ2n) is 3.74. The zero-order chi connectivity index (χ0) is 13.1. The van der Waals surface area contributed by atoms with Gasteiger partial charge in [-0.3, -0.25) is 4.79 Å². The van der Waals surface area contributed by atoms with Crippen LogP contribution >= 0.6 is 0 Å². The van der Waals surface area contributed by atoms with E-state index in [9.17, 15) is 13.2 Å². The molecule has 0 heterocycles. The van der Waals surface area contributed by atoms with Crippen molar-refractivity contribution in [3.8, 4) is 0 Å². The van der Waals surface area contributed by atoms with Gasteiger partial charge in [-0.15, -0.1) is 0 Å². The molecule has 0 aromatic heterocycles. The van der Waals surface area contributed by atoms with Crippen LogP contribution in [0.15, 0.2) is 23.1 Å². The Labute approximate surface area is 101 Å². The highest BCUT2D eigenvalue weighted by atomic mass is 32.2. The largest absolute Gasteiger partial charge is 0.366 e. The molecule has 5 nitrogen and oxygen atoms in total. The second-order valence-corrected chi connectivity index (χ2v) is 5.51. The van der Waals surface area contributed by atoms with E-state index in [4.69, 9.17) is 5.73 Å². The molecule has 0 aliphatic carbocycles. The number of carbonyl (C=O) groups is 1. The summed E-state index contributed by atoms with van der Waals surface area (Å²) < 4.78 is 26.1. The lowest BCUT2D eigenvalue weighted by Crippen LogP contribution is -2.25. The maximum absolute atomic E-state index is 11.8. The molecule has 3 N–H and O–H groups in total. The lowest BCUT2D eigenvalue weighted by atomic mass is 10.1. The number of carbonyl (C=O) groups excluding carboxylic acids is 1. The van der Waals surface area contributed by atoms with Crippen molar-refractivity contribution in [3.63, 3.8) is 0 Å². The number of nitrogens with one attached hydrogen (secondary N) is 1. The summed E-state index contributed by atoms with van der Waals surface area (Å²) in [5, 5.41) is 0. The van der Waals surface area contributed by atoms with Crippen LogP contribution in [0.5, 0.6) is 0 Å². The molecule has 0 spiro atoms. The quantitative estimate of drug-likeness (QED) is 0.816. The fourth-order valence-corrected chi connectivity index (χ4v) is 2.51. The maximum Gasteiger partial charge on any atom is 0.249 e. The summed E-state index contributed by atoms with van der Waals surface area (Å²) in [4.78, 5) is 11.2. The Hall–Kier alpha value is -1.40. The molecule has 0 fully saturated rings. The normalized spacial score (nSPS) is 11.4. The van der Waals surface area contributed by atoms with Crippen molar-refractivity contribution < 1.29 is 13.2 Å². The fourth-order valence-electron chi connectivity index (χ4n) is 1.35. The standard InChI is InChI=1S/C11H16N2O3S/c1-3-6-13-17(15,16)9-5-4-8(2)10(7-9)11(12)14/h4-5,7,13H,3,6H2,1-2H3,(H2,12,14). The first-order valence-corrected chi connectivity index (χ1v) is 6.77. The van der Waals surface area contributed by atoms with Crippen LogP contribution in [-0.4, -0.2) is 20.9 Å². The van der Waals surface area contributed by atoms with Gasteiger partial charge in [-0.2, -0.15) is 0 Å². The first-order valence-electron chi connectivity index (χ1n) is 5.28. The van der Waals surface area contributed by atoms with Crippen LogP contribution in [0.25, 0.3) is 0 Å². The third kappa shape index (κ3) is 3.28. The fraction of sp³-hybridized carbons (Fsp3) is 0.364. The van der Waals surface area contributed by atoms with Gasteiger partial charge in [0.05, 0.1) is 4.90 Å². The second kappa shape index (κ2) is 5.29. The monoisotopic (exact) mass is 256 g/mol. The molecule has 0 unspecified atom stereocenters. The SMILES string of the molecule is CCCNS(=O)(=O)c1ccc(C)c(C(N)=O)c1. The van der Waals surface area contributed by atoms with Crippen molar-refractivity contribution in [2.24, 2.45) is 5.73 Å². The van der Waals surface area contributed by atoms with E-state index in [1.54, 1.807) is 13.0 Å². The van der Waals surface area contributed by atoms with Crippen molar-refractivity contribution in [1.82, 2.24) is 4.72 Å². The average Bonchev–Trinajstić information content (AvgIpc) is 2.26. The highest BCUT2D eigenvalue weighted by molar-refractivity contribution is 7.89.